The molecular weight excluding hydrogens is 340 g/mol. The number of benzene rings is 2. The summed E-state index contributed by atoms with van der Waals surface area (Å²) in [6, 6.07) is 17.5. The van der Waals surface area contributed by atoms with E-state index in [1.807, 2.05) is 12.1 Å². The lowest BCUT2D eigenvalue weighted by molar-refractivity contribution is -0.0838. The van der Waals surface area contributed by atoms with Crippen LogP contribution < -0.4 is 0 Å². The van der Waals surface area contributed by atoms with E-state index in [1.54, 1.807) is 48.5 Å². The smallest absolute Gasteiger partial charge is 0.341 e. The highest BCUT2D eigenvalue weighted by atomic mass is 16.7. The molecule has 0 aromatic heterocycles. The largest absolute Gasteiger partial charge is 0.422 e. The molecule has 0 aliphatic heterocycles. The molecule has 0 radical (unpaired) electrons. The molecule has 0 bridgehead atoms. The van der Waals surface area contributed by atoms with Crippen LogP contribution in [0.25, 0.3) is 0 Å². The number of esters is 2. The SMILES string of the molecule is CCCCCCCCC(OC(=O)c1ccccc1)OC(=O)c1ccccc1. The Bertz CT molecular complexity index is 629. The quantitative estimate of drug-likeness (QED) is 0.287. The zero-order chi connectivity index (χ0) is 19.3. The summed E-state index contributed by atoms with van der Waals surface area (Å²) >= 11 is 0. The van der Waals surface area contributed by atoms with Crippen LogP contribution in [0, 0.1) is 0 Å². The van der Waals surface area contributed by atoms with Crippen LogP contribution in [0.2, 0.25) is 0 Å². The Balaban J connectivity index is 1.93. The summed E-state index contributed by atoms with van der Waals surface area (Å²) in [5, 5.41) is 0. The van der Waals surface area contributed by atoms with E-state index in [9.17, 15) is 9.59 Å². The number of carbonyl (C=O) groups is 2. The second-order valence-electron chi connectivity index (χ2n) is 6.53. The minimum absolute atomic E-state index is 0.446. The molecule has 0 N–H and O–H groups in total. The van der Waals surface area contributed by atoms with Crippen molar-refractivity contribution in [1.29, 1.82) is 0 Å². The highest BCUT2D eigenvalue weighted by Crippen LogP contribution is 2.15. The molecule has 0 aliphatic carbocycles. The van der Waals surface area contributed by atoms with E-state index < -0.39 is 18.2 Å². The summed E-state index contributed by atoms with van der Waals surface area (Å²) in [7, 11) is 0. The fourth-order valence-electron chi connectivity index (χ4n) is 2.76. The molecule has 2 aromatic carbocycles. The fourth-order valence-corrected chi connectivity index (χ4v) is 2.76. The molecule has 4 nitrogen and oxygen atoms in total. The summed E-state index contributed by atoms with van der Waals surface area (Å²) in [4.78, 5) is 24.7. The average molecular weight is 368 g/mol. The number of carbonyl (C=O) groups excluding carboxylic acids is 2. The Labute approximate surface area is 161 Å². The number of ether oxygens (including phenoxy) is 2. The highest BCUT2D eigenvalue weighted by molar-refractivity contribution is 5.90. The van der Waals surface area contributed by atoms with Gasteiger partial charge in [-0.2, -0.15) is 0 Å². The lowest BCUT2D eigenvalue weighted by Crippen LogP contribution is -2.25. The first kappa shape index (κ1) is 20.7. The maximum atomic E-state index is 12.3. The van der Waals surface area contributed by atoms with Crippen LogP contribution in [-0.2, 0) is 9.47 Å². The number of unbranched alkanes of at least 4 members (excludes halogenated alkanes) is 5. The third-order valence-electron chi connectivity index (χ3n) is 4.29. The van der Waals surface area contributed by atoms with Crippen molar-refractivity contribution >= 4 is 11.9 Å². The van der Waals surface area contributed by atoms with Gasteiger partial charge >= 0.3 is 11.9 Å². The Morgan fingerprint density at radius 3 is 1.63 bits per heavy atom. The van der Waals surface area contributed by atoms with Crippen LogP contribution in [0.1, 0.15) is 72.6 Å². The van der Waals surface area contributed by atoms with Gasteiger partial charge in [-0.3, -0.25) is 0 Å². The van der Waals surface area contributed by atoms with Crippen molar-refractivity contribution in [3.63, 3.8) is 0 Å². The number of rotatable bonds is 11. The molecule has 2 rings (SSSR count). The van der Waals surface area contributed by atoms with E-state index >= 15 is 0 Å². The molecule has 0 saturated carbocycles. The molecule has 0 atom stereocenters. The standard InChI is InChI=1S/C23H28O4/c1-2-3-4-5-6-13-18-21(26-22(24)19-14-9-7-10-15-19)27-23(25)20-16-11-8-12-17-20/h7-12,14-17,21H,2-6,13,18H2,1H3. The van der Waals surface area contributed by atoms with Gasteiger partial charge in [0.05, 0.1) is 11.1 Å². The summed E-state index contributed by atoms with van der Waals surface area (Å²) in [5.74, 6) is -0.958. The molecule has 0 unspecified atom stereocenters. The van der Waals surface area contributed by atoms with Crippen LogP contribution in [0.15, 0.2) is 60.7 Å². The normalized spacial score (nSPS) is 10.6. The van der Waals surface area contributed by atoms with Crippen molar-refractivity contribution in [2.24, 2.45) is 0 Å². The van der Waals surface area contributed by atoms with Gasteiger partial charge in [-0.05, 0) is 30.7 Å². The van der Waals surface area contributed by atoms with E-state index in [-0.39, 0.29) is 0 Å². The summed E-state index contributed by atoms with van der Waals surface area (Å²) in [6.07, 6.45) is 6.27. The predicted octanol–water partition coefficient (Wildman–Crippen LogP) is 5.78. The first-order valence-corrected chi connectivity index (χ1v) is 9.72. The zero-order valence-corrected chi connectivity index (χ0v) is 15.9. The Kier molecular flexibility index (Phi) is 9.11. The monoisotopic (exact) mass is 368 g/mol. The van der Waals surface area contributed by atoms with Crippen molar-refractivity contribution in [3.05, 3.63) is 71.8 Å². The maximum absolute atomic E-state index is 12.3. The van der Waals surface area contributed by atoms with Crippen molar-refractivity contribution in [3.8, 4) is 0 Å². The van der Waals surface area contributed by atoms with Crippen molar-refractivity contribution < 1.29 is 19.1 Å². The summed E-state index contributed by atoms with van der Waals surface area (Å²) < 4.78 is 10.9. The van der Waals surface area contributed by atoms with E-state index in [2.05, 4.69) is 6.92 Å². The lowest BCUT2D eigenvalue weighted by atomic mass is 10.1. The first-order valence-electron chi connectivity index (χ1n) is 9.72. The topological polar surface area (TPSA) is 52.6 Å². The van der Waals surface area contributed by atoms with E-state index in [1.165, 1.54) is 19.3 Å². The minimum Gasteiger partial charge on any atom is -0.422 e. The van der Waals surface area contributed by atoms with Gasteiger partial charge in [0, 0.05) is 6.42 Å². The van der Waals surface area contributed by atoms with Gasteiger partial charge in [0.15, 0.2) is 0 Å². The maximum Gasteiger partial charge on any atom is 0.341 e. The molecule has 0 spiro atoms. The third kappa shape index (κ3) is 7.65. The summed E-state index contributed by atoms with van der Waals surface area (Å²) in [5.41, 5.74) is 0.891. The number of hydrogen-bond donors (Lipinski definition) is 0. The average Bonchev–Trinajstić information content (AvgIpc) is 2.71. The van der Waals surface area contributed by atoms with Gasteiger partial charge in [0.1, 0.15) is 0 Å². The van der Waals surface area contributed by atoms with E-state index in [4.69, 9.17) is 9.47 Å². The van der Waals surface area contributed by atoms with Crippen molar-refractivity contribution in [2.45, 2.75) is 58.2 Å². The lowest BCUT2D eigenvalue weighted by Gasteiger charge is -2.18. The van der Waals surface area contributed by atoms with Crippen molar-refractivity contribution in [1.82, 2.24) is 0 Å². The molecule has 0 saturated heterocycles. The highest BCUT2D eigenvalue weighted by Gasteiger charge is 2.20. The van der Waals surface area contributed by atoms with Gasteiger partial charge in [-0.15, -0.1) is 0 Å². The van der Waals surface area contributed by atoms with Crippen molar-refractivity contribution in [2.75, 3.05) is 0 Å². The predicted molar refractivity (Wildman–Crippen MR) is 105 cm³/mol. The first-order chi connectivity index (χ1) is 13.2. The zero-order valence-electron chi connectivity index (χ0n) is 15.9. The van der Waals surface area contributed by atoms with Gasteiger partial charge in [-0.25, -0.2) is 9.59 Å². The Morgan fingerprint density at radius 1 is 0.704 bits per heavy atom. The van der Waals surface area contributed by atoms with Crippen LogP contribution in [-0.4, -0.2) is 18.2 Å². The molecule has 0 amide bonds. The van der Waals surface area contributed by atoms with Crippen LogP contribution in [0.5, 0.6) is 0 Å². The van der Waals surface area contributed by atoms with Crippen LogP contribution in [0.3, 0.4) is 0 Å². The summed E-state index contributed by atoms with van der Waals surface area (Å²) in [6.45, 7) is 2.18. The molecule has 144 valence electrons. The molecule has 27 heavy (non-hydrogen) atoms. The van der Waals surface area contributed by atoms with Gasteiger partial charge in [0.25, 0.3) is 0 Å². The van der Waals surface area contributed by atoms with E-state index in [0.29, 0.717) is 17.5 Å². The van der Waals surface area contributed by atoms with Crippen LogP contribution >= 0.6 is 0 Å². The second-order valence-corrected chi connectivity index (χ2v) is 6.53. The molecule has 2 aromatic rings. The van der Waals surface area contributed by atoms with Gasteiger partial charge in [0.2, 0.25) is 6.29 Å². The molecule has 0 aliphatic rings. The second kappa shape index (κ2) is 11.9. The Morgan fingerprint density at radius 2 is 1.15 bits per heavy atom. The molecule has 0 heterocycles. The van der Waals surface area contributed by atoms with E-state index in [0.717, 1.165) is 19.3 Å². The van der Waals surface area contributed by atoms with Gasteiger partial charge < -0.3 is 9.47 Å². The minimum atomic E-state index is -0.878. The van der Waals surface area contributed by atoms with Gasteiger partial charge in [-0.1, -0.05) is 75.4 Å². The molecule has 4 heteroatoms. The Hall–Kier alpha value is -2.62. The fraction of sp³-hybridized carbons (Fsp3) is 0.391. The van der Waals surface area contributed by atoms with Crippen LogP contribution in [0.4, 0.5) is 0 Å². The molecule has 0 fully saturated rings. The molecular formula is C23H28O4. The third-order valence-corrected chi connectivity index (χ3v) is 4.29. The number of hydrogen-bond acceptors (Lipinski definition) is 4.